The van der Waals surface area contributed by atoms with E-state index in [0.29, 0.717) is 23.7 Å². The molecule has 7 nitrogen and oxygen atoms in total. The van der Waals surface area contributed by atoms with Gasteiger partial charge < -0.3 is 25.0 Å². The van der Waals surface area contributed by atoms with Crippen LogP contribution in [0.1, 0.15) is 19.4 Å². The van der Waals surface area contributed by atoms with Gasteiger partial charge in [-0.2, -0.15) is 0 Å². The molecule has 1 aliphatic heterocycles. The molecule has 154 valence electrons. The van der Waals surface area contributed by atoms with Gasteiger partial charge in [-0.05, 0) is 36.1 Å². The molecule has 0 spiro atoms. The average Bonchev–Trinajstić information content (AvgIpc) is 3.15. The first-order chi connectivity index (χ1) is 13.9. The summed E-state index contributed by atoms with van der Waals surface area (Å²) in [6.07, 6.45) is 0.824. The number of nitrogens with zero attached hydrogens (tertiary/aromatic N) is 1. The van der Waals surface area contributed by atoms with Gasteiger partial charge in [0.05, 0.1) is 14.2 Å². The van der Waals surface area contributed by atoms with Crippen LogP contribution in [0.25, 0.3) is 0 Å². The number of hydrogen-bond acceptors (Lipinski definition) is 4. The van der Waals surface area contributed by atoms with E-state index in [-0.39, 0.29) is 11.8 Å². The Labute approximate surface area is 171 Å². The third-order valence-electron chi connectivity index (χ3n) is 5.01. The van der Waals surface area contributed by atoms with E-state index in [9.17, 15) is 9.59 Å². The smallest absolute Gasteiger partial charge is 0.319 e. The highest BCUT2D eigenvalue weighted by Gasteiger charge is 2.32. The maximum Gasteiger partial charge on any atom is 0.319 e. The topological polar surface area (TPSA) is 79.9 Å². The molecule has 2 aromatic rings. The number of amides is 3. The van der Waals surface area contributed by atoms with Gasteiger partial charge in [0, 0.05) is 24.0 Å². The van der Waals surface area contributed by atoms with Crippen molar-refractivity contribution in [3.8, 4) is 11.5 Å². The molecular formula is C22H27N3O4. The van der Waals surface area contributed by atoms with Gasteiger partial charge in [-0.3, -0.25) is 4.79 Å². The van der Waals surface area contributed by atoms with Crippen LogP contribution in [-0.4, -0.2) is 38.7 Å². The zero-order valence-electron chi connectivity index (χ0n) is 17.2. The molecule has 29 heavy (non-hydrogen) atoms. The Morgan fingerprint density at radius 2 is 1.76 bits per heavy atom. The fourth-order valence-corrected chi connectivity index (χ4v) is 3.47. The molecule has 1 unspecified atom stereocenters. The molecule has 1 aliphatic rings. The third-order valence-corrected chi connectivity index (χ3v) is 5.01. The second-order valence-corrected chi connectivity index (χ2v) is 7.26. The highest BCUT2D eigenvalue weighted by Crippen LogP contribution is 2.30. The second-order valence-electron chi connectivity index (χ2n) is 7.26. The predicted molar refractivity (Wildman–Crippen MR) is 113 cm³/mol. The summed E-state index contributed by atoms with van der Waals surface area (Å²) < 4.78 is 10.5. The quantitative estimate of drug-likeness (QED) is 0.783. The largest absolute Gasteiger partial charge is 0.493 e. The first-order valence-electron chi connectivity index (χ1n) is 9.63. The van der Waals surface area contributed by atoms with Crippen LogP contribution in [0.2, 0.25) is 0 Å². The van der Waals surface area contributed by atoms with Crippen molar-refractivity contribution in [2.75, 3.05) is 31.0 Å². The van der Waals surface area contributed by atoms with Crippen LogP contribution in [0.15, 0.2) is 42.5 Å². The van der Waals surface area contributed by atoms with Gasteiger partial charge in [0.2, 0.25) is 5.91 Å². The number of ether oxygens (including phenoxy) is 2. The number of nitrogens with one attached hydrogen (secondary N) is 2. The lowest BCUT2D eigenvalue weighted by molar-refractivity contribution is -0.121. The van der Waals surface area contributed by atoms with E-state index in [1.165, 1.54) is 7.11 Å². The molecule has 2 N–H and O–H groups in total. The van der Waals surface area contributed by atoms with Crippen molar-refractivity contribution in [3.63, 3.8) is 0 Å². The Kier molecular flexibility index (Phi) is 6.26. The fourth-order valence-electron chi connectivity index (χ4n) is 3.47. The minimum absolute atomic E-state index is 0.0635. The Bertz CT molecular complexity index is 897. The van der Waals surface area contributed by atoms with Crippen molar-refractivity contribution in [1.29, 1.82) is 0 Å². The zero-order chi connectivity index (χ0) is 21.0. The number of rotatable bonds is 6. The van der Waals surface area contributed by atoms with Crippen molar-refractivity contribution in [2.24, 2.45) is 5.92 Å². The SMILES string of the molecule is COc1ccc(NC(=O)NC(C(=O)N2CCc3ccccc32)C(C)C)cc1OC. The zero-order valence-corrected chi connectivity index (χ0v) is 17.2. The van der Waals surface area contributed by atoms with E-state index in [2.05, 4.69) is 10.6 Å². The van der Waals surface area contributed by atoms with Crippen molar-refractivity contribution in [2.45, 2.75) is 26.3 Å². The molecule has 0 aliphatic carbocycles. The Balaban J connectivity index is 1.71. The molecule has 7 heteroatoms. The predicted octanol–water partition coefficient (Wildman–Crippen LogP) is 3.44. The summed E-state index contributed by atoms with van der Waals surface area (Å²) >= 11 is 0. The molecule has 0 bridgehead atoms. The van der Waals surface area contributed by atoms with E-state index in [1.807, 2.05) is 38.1 Å². The number of urea groups is 1. The Hall–Kier alpha value is -3.22. The van der Waals surface area contributed by atoms with Gasteiger partial charge in [0.25, 0.3) is 0 Å². The van der Waals surface area contributed by atoms with Crippen molar-refractivity contribution >= 4 is 23.3 Å². The molecule has 3 rings (SSSR count). The van der Waals surface area contributed by atoms with Gasteiger partial charge in [0.1, 0.15) is 6.04 Å². The minimum Gasteiger partial charge on any atom is -0.493 e. The molecule has 1 atom stereocenters. The van der Waals surface area contributed by atoms with Gasteiger partial charge in [-0.25, -0.2) is 4.79 Å². The summed E-state index contributed by atoms with van der Waals surface area (Å²) in [5, 5.41) is 5.59. The van der Waals surface area contributed by atoms with E-state index in [1.54, 1.807) is 30.2 Å². The Morgan fingerprint density at radius 3 is 2.45 bits per heavy atom. The van der Waals surface area contributed by atoms with Gasteiger partial charge in [-0.15, -0.1) is 0 Å². The molecular weight excluding hydrogens is 370 g/mol. The number of methoxy groups -OCH3 is 2. The van der Waals surface area contributed by atoms with Crippen LogP contribution >= 0.6 is 0 Å². The normalized spacial score (nSPS) is 13.6. The lowest BCUT2D eigenvalue weighted by Gasteiger charge is -2.27. The third kappa shape index (κ3) is 4.45. The summed E-state index contributed by atoms with van der Waals surface area (Å²) in [6.45, 7) is 4.46. The number of carbonyl (C=O) groups excluding carboxylic acids is 2. The lowest BCUT2D eigenvalue weighted by atomic mass is 10.0. The van der Waals surface area contributed by atoms with Gasteiger partial charge in [0.15, 0.2) is 11.5 Å². The average molecular weight is 397 g/mol. The summed E-state index contributed by atoms with van der Waals surface area (Å²) in [5.41, 5.74) is 2.62. The molecule has 1 heterocycles. The minimum atomic E-state index is -0.638. The molecule has 3 amide bonds. The van der Waals surface area contributed by atoms with Crippen molar-refractivity contribution < 1.29 is 19.1 Å². The van der Waals surface area contributed by atoms with E-state index in [4.69, 9.17) is 9.47 Å². The maximum atomic E-state index is 13.2. The summed E-state index contributed by atoms with van der Waals surface area (Å²) in [6, 6.07) is 11.9. The van der Waals surface area contributed by atoms with E-state index in [0.717, 1.165) is 17.7 Å². The van der Waals surface area contributed by atoms with Gasteiger partial charge >= 0.3 is 6.03 Å². The standard InChI is InChI=1S/C22H27N3O4/c1-14(2)20(21(26)25-12-11-15-7-5-6-8-17(15)25)24-22(27)23-16-9-10-18(28-3)19(13-16)29-4/h5-10,13-14,20H,11-12H2,1-4H3,(H2,23,24,27). The summed E-state index contributed by atoms with van der Waals surface area (Å²) in [5.74, 6) is 0.913. The molecule has 0 aromatic heterocycles. The highest BCUT2D eigenvalue weighted by molar-refractivity contribution is 6.02. The second kappa shape index (κ2) is 8.86. The molecule has 0 fully saturated rings. The van der Waals surface area contributed by atoms with Crippen LogP contribution < -0.4 is 25.0 Å². The molecule has 0 saturated carbocycles. The van der Waals surface area contributed by atoms with Crippen molar-refractivity contribution in [3.05, 3.63) is 48.0 Å². The number of anilines is 2. The summed E-state index contributed by atoms with van der Waals surface area (Å²) in [7, 11) is 3.08. The number of fused-ring (bicyclic) bond motifs is 1. The number of benzene rings is 2. The van der Waals surface area contributed by atoms with Crippen molar-refractivity contribution in [1.82, 2.24) is 5.32 Å². The van der Waals surface area contributed by atoms with E-state index >= 15 is 0 Å². The molecule has 0 saturated heterocycles. The fraction of sp³-hybridized carbons (Fsp3) is 0.364. The summed E-state index contributed by atoms with van der Waals surface area (Å²) in [4.78, 5) is 27.5. The maximum absolute atomic E-state index is 13.2. The molecule has 2 aromatic carbocycles. The molecule has 0 radical (unpaired) electrons. The van der Waals surface area contributed by atoms with Crippen LogP contribution in [0.3, 0.4) is 0 Å². The monoisotopic (exact) mass is 397 g/mol. The first-order valence-corrected chi connectivity index (χ1v) is 9.63. The first kappa shape index (κ1) is 20.5. The van der Waals surface area contributed by atoms with Crippen LogP contribution in [-0.2, 0) is 11.2 Å². The number of hydrogen-bond donors (Lipinski definition) is 2. The van der Waals surface area contributed by atoms with Crippen LogP contribution in [0.5, 0.6) is 11.5 Å². The van der Waals surface area contributed by atoms with Crippen LogP contribution in [0.4, 0.5) is 16.2 Å². The highest BCUT2D eigenvalue weighted by atomic mass is 16.5. The van der Waals surface area contributed by atoms with Crippen LogP contribution in [0, 0.1) is 5.92 Å². The number of carbonyl (C=O) groups is 2. The van der Waals surface area contributed by atoms with E-state index < -0.39 is 12.1 Å². The van der Waals surface area contributed by atoms with Gasteiger partial charge in [-0.1, -0.05) is 32.0 Å². The Morgan fingerprint density at radius 1 is 1.03 bits per heavy atom. The number of para-hydroxylation sites is 1. The lowest BCUT2D eigenvalue weighted by Crippen LogP contribution is -2.52.